The lowest BCUT2D eigenvalue weighted by Gasteiger charge is -2.22. The van der Waals surface area contributed by atoms with Gasteiger partial charge in [0.1, 0.15) is 11.6 Å². The van der Waals surface area contributed by atoms with Crippen molar-refractivity contribution in [1.29, 1.82) is 0 Å². The summed E-state index contributed by atoms with van der Waals surface area (Å²) in [6.45, 7) is 2.14. The van der Waals surface area contributed by atoms with Crippen molar-refractivity contribution in [3.63, 3.8) is 0 Å². The zero-order chi connectivity index (χ0) is 18.1. The van der Waals surface area contributed by atoms with Crippen molar-refractivity contribution >= 4 is 28.6 Å². The third kappa shape index (κ3) is 3.06. The molecule has 1 aliphatic heterocycles. The van der Waals surface area contributed by atoms with Gasteiger partial charge in [0.2, 0.25) is 17.7 Å². The van der Waals surface area contributed by atoms with Crippen molar-refractivity contribution in [1.82, 2.24) is 9.88 Å². The minimum atomic E-state index is -0.385. The molecule has 1 aromatic heterocycles. The highest BCUT2D eigenvalue weighted by atomic mass is 16.3. The summed E-state index contributed by atoms with van der Waals surface area (Å²) in [5, 5.41) is 2.89. The van der Waals surface area contributed by atoms with Crippen LogP contribution >= 0.6 is 0 Å². The van der Waals surface area contributed by atoms with E-state index in [1.54, 1.807) is 4.90 Å². The smallest absolute Gasteiger partial charge is 0.247 e. The number of nitrogens with one attached hydrogen (secondary N) is 1. The Hall–Kier alpha value is -3.15. The van der Waals surface area contributed by atoms with E-state index in [0.717, 1.165) is 23.1 Å². The van der Waals surface area contributed by atoms with Gasteiger partial charge in [-0.1, -0.05) is 12.1 Å². The SMILES string of the molecule is CC(=O)N1CCC[C@@H]1C(=O)Nc1ccc(-c2nc3ccccc3o2)cc1. The number of aromatic nitrogens is 1. The lowest BCUT2D eigenvalue weighted by molar-refractivity contribution is -0.134. The van der Waals surface area contributed by atoms with Gasteiger partial charge in [-0.25, -0.2) is 4.98 Å². The van der Waals surface area contributed by atoms with Crippen LogP contribution in [0.4, 0.5) is 5.69 Å². The number of para-hydroxylation sites is 2. The van der Waals surface area contributed by atoms with Gasteiger partial charge in [-0.05, 0) is 49.2 Å². The largest absolute Gasteiger partial charge is 0.436 e. The highest BCUT2D eigenvalue weighted by molar-refractivity contribution is 5.97. The summed E-state index contributed by atoms with van der Waals surface area (Å²) in [5.41, 5.74) is 3.08. The molecule has 26 heavy (non-hydrogen) atoms. The predicted molar refractivity (Wildman–Crippen MR) is 98.5 cm³/mol. The summed E-state index contributed by atoms with van der Waals surface area (Å²) in [6, 6.07) is 14.6. The molecule has 6 nitrogen and oxygen atoms in total. The molecule has 1 saturated heterocycles. The maximum atomic E-state index is 12.5. The van der Waals surface area contributed by atoms with Crippen molar-refractivity contribution in [3.8, 4) is 11.5 Å². The normalized spacial score (nSPS) is 16.8. The Morgan fingerprint density at radius 3 is 2.65 bits per heavy atom. The number of carbonyl (C=O) groups is 2. The molecule has 0 unspecified atom stereocenters. The summed E-state index contributed by atoms with van der Waals surface area (Å²) < 4.78 is 5.75. The first-order valence-electron chi connectivity index (χ1n) is 8.66. The molecule has 132 valence electrons. The van der Waals surface area contributed by atoms with Gasteiger partial charge in [0, 0.05) is 24.7 Å². The van der Waals surface area contributed by atoms with Crippen molar-refractivity contribution in [2.24, 2.45) is 0 Å². The van der Waals surface area contributed by atoms with Crippen molar-refractivity contribution in [2.45, 2.75) is 25.8 Å². The van der Waals surface area contributed by atoms with Crippen LogP contribution in [0.3, 0.4) is 0 Å². The van der Waals surface area contributed by atoms with Gasteiger partial charge in [-0.3, -0.25) is 9.59 Å². The van der Waals surface area contributed by atoms with Crippen molar-refractivity contribution < 1.29 is 14.0 Å². The van der Waals surface area contributed by atoms with Crippen LogP contribution in [0.25, 0.3) is 22.6 Å². The number of anilines is 1. The van der Waals surface area contributed by atoms with Crippen LogP contribution in [0.15, 0.2) is 52.9 Å². The second-order valence-electron chi connectivity index (χ2n) is 6.42. The average molecular weight is 349 g/mol. The molecular formula is C20H19N3O3. The maximum absolute atomic E-state index is 12.5. The molecule has 2 aromatic carbocycles. The Kier molecular flexibility index (Phi) is 4.16. The molecule has 1 aliphatic rings. The maximum Gasteiger partial charge on any atom is 0.247 e. The highest BCUT2D eigenvalue weighted by Crippen LogP contribution is 2.25. The number of oxazole rings is 1. The first-order chi connectivity index (χ1) is 12.6. The first-order valence-corrected chi connectivity index (χ1v) is 8.66. The van der Waals surface area contributed by atoms with Gasteiger partial charge in [0.05, 0.1) is 0 Å². The highest BCUT2D eigenvalue weighted by Gasteiger charge is 2.32. The third-order valence-electron chi connectivity index (χ3n) is 4.65. The standard InChI is InChI=1S/C20H19N3O3/c1-13(24)23-12-4-6-17(23)19(25)21-15-10-8-14(9-11-15)20-22-16-5-2-3-7-18(16)26-20/h2-3,5,7-11,17H,4,6,12H2,1H3,(H,21,25)/t17-/m1/s1. The molecule has 2 amide bonds. The second kappa shape index (κ2) is 6.63. The predicted octanol–water partition coefficient (Wildman–Crippen LogP) is 3.44. The number of hydrogen-bond donors (Lipinski definition) is 1. The fraction of sp³-hybridized carbons (Fsp3) is 0.250. The molecule has 0 aliphatic carbocycles. The molecular weight excluding hydrogens is 330 g/mol. The fourth-order valence-corrected chi connectivity index (χ4v) is 3.33. The molecule has 0 radical (unpaired) electrons. The Morgan fingerprint density at radius 2 is 1.92 bits per heavy atom. The van der Waals surface area contributed by atoms with Gasteiger partial charge < -0.3 is 14.6 Å². The van der Waals surface area contributed by atoms with Gasteiger partial charge in [-0.15, -0.1) is 0 Å². The van der Waals surface area contributed by atoms with E-state index in [9.17, 15) is 9.59 Å². The quantitative estimate of drug-likeness (QED) is 0.786. The van der Waals surface area contributed by atoms with Crippen LogP contribution in [0.5, 0.6) is 0 Å². The number of fused-ring (bicyclic) bond motifs is 1. The van der Waals surface area contributed by atoms with Crippen LogP contribution in [0, 0.1) is 0 Å². The summed E-state index contributed by atoms with van der Waals surface area (Å²) >= 11 is 0. The lowest BCUT2D eigenvalue weighted by atomic mass is 10.1. The van der Waals surface area contributed by atoms with Crippen molar-refractivity contribution in [2.75, 3.05) is 11.9 Å². The molecule has 0 bridgehead atoms. The number of carbonyl (C=O) groups excluding carboxylic acids is 2. The monoisotopic (exact) mass is 349 g/mol. The van der Waals surface area contributed by atoms with Crippen LogP contribution in [0.1, 0.15) is 19.8 Å². The fourth-order valence-electron chi connectivity index (χ4n) is 3.33. The van der Waals surface area contributed by atoms with Crippen LogP contribution in [-0.4, -0.2) is 34.3 Å². The van der Waals surface area contributed by atoms with Crippen molar-refractivity contribution in [3.05, 3.63) is 48.5 Å². The summed E-state index contributed by atoms with van der Waals surface area (Å²) in [6.07, 6.45) is 1.56. The molecule has 0 saturated carbocycles. The van der Waals surface area contributed by atoms with Crippen LogP contribution in [-0.2, 0) is 9.59 Å². The van der Waals surface area contributed by atoms with E-state index < -0.39 is 0 Å². The molecule has 1 atom stereocenters. The number of benzene rings is 2. The number of likely N-dealkylation sites (tertiary alicyclic amines) is 1. The third-order valence-corrected chi connectivity index (χ3v) is 4.65. The Labute approximate surface area is 150 Å². The van der Waals surface area contributed by atoms with Crippen LogP contribution < -0.4 is 5.32 Å². The molecule has 1 N–H and O–H groups in total. The van der Waals surface area contributed by atoms with E-state index in [1.165, 1.54) is 6.92 Å². The number of amides is 2. The molecule has 2 heterocycles. The van der Waals surface area contributed by atoms with Gasteiger partial charge in [0.25, 0.3) is 0 Å². The first kappa shape index (κ1) is 16.3. The number of rotatable bonds is 3. The summed E-state index contributed by atoms with van der Waals surface area (Å²) in [4.78, 5) is 30.2. The molecule has 6 heteroatoms. The minimum Gasteiger partial charge on any atom is -0.436 e. The lowest BCUT2D eigenvalue weighted by Crippen LogP contribution is -2.42. The molecule has 3 aromatic rings. The van der Waals surface area contributed by atoms with E-state index in [0.29, 0.717) is 24.5 Å². The van der Waals surface area contributed by atoms with E-state index in [1.807, 2.05) is 48.5 Å². The van der Waals surface area contributed by atoms with Gasteiger partial charge in [-0.2, -0.15) is 0 Å². The van der Waals surface area contributed by atoms with Crippen LogP contribution in [0.2, 0.25) is 0 Å². The Morgan fingerprint density at radius 1 is 1.15 bits per heavy atom. The molecule has 1 fully saturated rings. The van der Waals surface area contributed by atoms with E-state index in [4.69, 9.17) is 4.42 Å². The van der Waals surface area contributed by atoms with Gasteiger partial charge in [0.15, 0.2) is 5.58 Å². The van der Waals surface area contributed by atoms with E-state index in [2.05, 4.69) is 10.3 Å². The molecule has 0 spiro atoms. The van der Waals surface area contributed by atoms with E-state index in [-0.39, 0.29) is 17.9 Å². The van der Waals surface area contributed by atoms with E-state index >= 15 is 0 Å². The summed E-state index contributed by atoms with van der Waals surface area (Å²) in [5.74, 6) is 0.337. The minimum absolute atomic E-state index is 0.0612. The number of nitrogens with zero attached hydrogens (tertiary/aromatic N) is 2. The summed E-state index contributed by atoms with van der Waals surface area (Å²) in [7, 11) is 0. The van der Waals surface area contributed by atoms with Gasteiger partial charge >= 0.3 is 0 Å². The Bertz CT molecular complexity index is 929. The second-order valence-corrected chi connectivity index (χ2v) is 6.42. The average Bonchev–Trinajstić information content (AvgIpc) is 3.29. The zero-order valence-corrected chi connectivity index (χ0v) is 14.4. The Balaban J connectivity index is 1.49. The zero-order valence-electron chi connectivity index (χ0n) is 14.4. The molecule has 4 rings (SSSR count). The topological polar surface area (TPSA) is 75.4 Å². The number of hydrogen-bond acceptors (Lipinski definition) is 4.